The molecule has 0 N–H and O–H groups in total. The lowest BCUT2D eigenvalue weighted by molar-refractivity contribution is 0.956. The number of anilines is 1. The molecule has 1 heterocycles. The predicted molar refractivity (Wildman–Crippen MR) is 70.8 cm³/mol. The van der Waals surface area contributed by atoms with Crippen LogP contribution >= 0.6 is 0 Å². The first-order valence-corrected chi connectivity index (χ1v) is 6.08. The largest absolute Gasteiger partial charge is 0.374 e. The van der Waals surface area contributed by atoms with Crippen LogP contribution in [0.5, 0.6) is 0 Å². The standard InChI is InChI=1S/C10H13N.2C2H6/c1-8-3-4-10-9(7-8)5-6-11(10)2;2*1-2/h3-4,7H,5-6H2,1-2H3;2*1-2H3. The zero-order valence-corrected chi connectivity index (χ0v) is 11.1. The molecule has 0 spiro atoms. The van der Waals surface area contributed by atoms with E-state index in [-0.39, 0.29) is 0 Å². The third kappa shape index (κ3) is 3.58. The van der Waals surface area contributed by atoms with Gasteiger partial charge in [0.1, 0.15) is 0 Å². The van der Waals surface area contributed by atoms with Crippen molar-refractivity contribution < 1.29 is 0 Å². The maximum absolute atomic E-state index is 2.31. The van der Waals surface area contributed by atoms with E-state index in [0.29, 0.717) is 0 Å². The SMILES string of the molecule is CC.CC.Cc1ccc2c(c1)CCN2C. The van der Waals surface area contributed by atoms with E-state index in [9.17, 15) is 0 Å². The quantitative estimate of drug-likeness (QED) is 0.620. The van der Waals surface area contributed by atoms with Crippen molar-refractivity contribution in [1.29, 1.82) is 0 Å². The summed E-state index contributed by atoms with van der Waals surface area (Å²) < 4.78 is 0. The second-order valence-corrected chi connectivity index (χ2v) is 3.30. The molecular weight excluding hydrogens is 182 g/mol. The normalized spacial score (nSPS) is 12.0. The molecule has 1 nitrogen and oxygen atoms in total. The van der Waals surface area contributed by atoms with E-state index in [2.05, 4.69) is 37.1 Å². The molecule has 0 atom stereocenters. The van der Waals surface area contributed by atoms with Gasteiger partial charge in [-0.2, -0.15) is 0 Å². The summed E-state index contributed by atoms with van der Waals surface area (Å²) in [5.41, 5.74) is 4.29. The number of aryl methyl sites for hydroxylation is 1. The monoisotopic (exact) mass is 207 g/mol. The Bertz CT molecular complexity index is 279. The van der Waals surface area contributed by atoms with Crippen LogP contribution in [-0.2, 0) is 6.42 Å². The van der Waals surface area contributed by atoms with Gasteiger partial charge in [-0.3, -0.25) is 0 Å². The molecule has 0 saturated heterocycles. The molecule has 0 unspecified atom stereocenters. The molecular formula is C14H25N. The highest BCUT2D eigenvalue weighted by atomic mass is 15.1. The highest BCUT2D eigenvalue weighted by Gasteiger charge is 2.14. The summed E-state index contributed by atoms with van der Waals surface area (Å²) in [6, 6.07) is 6.69. The van der Waals surface area contributed by atoms with E-state index >= 15 is 0 Å². The van der Waals surface area contributed by atoms with Crippen LogP contribution in [0.1, 0.15) is 38.8 Å². The third-order valence-electron chi connectivity index (χ3n) is 2.36. The van der Waals surface area contributed by atoms with Crippen LogP contribution in [0, 0.1) is 6.92 Å². The second kappa shape index (κ2) is 7.33. The smallest absolute Gasteiger partial charge is 0.0397 e. The second-order valence-electron chi connectivity index (χ2n) is 3.30. The van der Waals surface area contributed by atoms with Gasteiger partial charge < -0.3 is 4.90 Å². The number of likely N-dealkylation sites (N-methyl/N-ethyl adjacent to an activating group) is 1. The zero-order valence-electron chi connectivity index (χ0n) is 11.1. The highest BCUT2D eigenvalue weighted by molar-refractivity contribution is 5.58. The molecule has 0 saturated carbocycles. The summed E-state index contributed by atoms with van der Waals surface area (Å²) in [6.07, 6.45) is 1.22. The first-order valence-electron chi connectivity index (χ1n) is 6.08. The van der Waals surface area contributed by atoms with Crippen molar-refractivity contribution in [3.63, 3.8) is 0 Å². The van der Waals surface area contributed by atoms with Crippen molar-refractivity contribution in [2.75, 3.05) is 18.5 Å². The number of hydrogen-bond donors (Lipinski definition) is 0. The maximum atomic E-state index is 2.31. The molecule has 1 aromatic rings. The van der Waals surface area contributed by atoms with Crippen LogP contribution in [0.15, 0.2) is 18.2 Å². The fourth-order valence-electron chi connectivity index (χ4n) is 1.70. The average Bonchev–Trinajstić information content (AvgIpc) is 2.65. The van der Waals surface area contributed by atoms with Crippen molar-refractivity contribution in [3.8, 4) is 0 Å². The van der Waals surface area contributed by atoms with Gasteiger partial charge in [0.05, 0.1) is 0 Å². The lowest BCUT2D eigenvalue weighted by Crippen LogP contribution is -2.12. The maximum Gasteiger partial charge on any atom is 0.0397 e. The van der Waals surface area contributed by atoms with Crippen LogP contribution in [-0.4, -0.2) is 13.6 Å². The van der Waals surface area contributed by atoms with Crippen molar-refractivity contribution >= 4 is 5.69 Å². The summed E-state index contributed by atoms with van der Waals surface area (Å²) in [7, 11) is 2.15. The summed E-state index contributed by atoms with van der Waals surface area (Å²) in [5.74, 6) is 0. The van der Waals surface area contributed by atoms with E-state index in [1.54, 1.807) is 0 Å². The molecule has 2 rings (SSSR count). The molecule has 86 valence electrons. The topological polar surface area (TPSA) is 3.24 Å². The van der Waals surface area contributed by atoms with Crippen LogP contribution < -0.4 is 4.90 Å². The number of benzene rings is 1. The van der Waals surface area contributed by atoms with Gasteiger partial charge in [-0.05, 0) is 25.0 Å². The van der Waals surface area contributed by atoms with Crippen molar-refractivity contribution in [1.82, 2.24) is 0 Å². The highest BCUT2D eigenvalue weighted by Crippen LogP contribution is 2.26. The Kier molecular flexibility index (Phi) is 6.85. The molecule has 0 aromatic heterocycles. The molecule has 0 fully saturated rings. The van der Waals surface area contributed by atoms with Gasteiger partial charge in [-0.15, -0.1) is 0 Å². The summed E-state index contributed by atoms with van der Waals surface area (Å²) in [4.78, 5) is 2.31. The molecule has 1 aliphatic rings. The van der Waals surface area contributed by atoms with Gasteiger partial charge >= 0.3 is 0 Å². The number of nitrogens with zero attached hydrogens (tertiary/aromatic N) is 1. The van der Waals surface area contributed by atoms with Crippen molar-refractivity contribution in [2.24, 2.45) is 0 Å². The third-order valence-corrected chi connectivity index (χ3v) is 2.36. The zero-order chi connectivity index (χ0) is 11.8. The molecule has 1 heteroatoms. The average molecular weight is 207 g/mol. The molecule has 15 heavy (non-hydrogen) atoms. The Labute approximate surface area is 95.1 Å². The van der Waals surface area contributed by atoms with E-state index in [4.69, 9.17) is 0 Å². The van der Waals surface area contributed by atoms with E-state index in [1.165, 1.54) is 29.8 Å². The van der Waals surface area contributed by atoms with Gasteiger partial charge in [0.15, 0.2) is 0 Å². The molecule has 1 aromatic carbocycles. The van der Waals surface area contributed by atoms with E-state index in [0.717, 1.165) is 0 Å². The Balaban J connectivity index is 0.000000442. The van der Waals surface area contributed by atoms with Crippen LogP contribution in [0.2, 0.25) is 0 Å². The minimum absolute atomic E-state index is 1.18. The lowest BCUT2D eigenvalue weighted by atomic mass is 10.1. The molecule has 0 bridgehead atoms. The van der Waals surface area contributed by atoms with Gasteiger partial charge in [0.2, 0.25) is 0 Å². The van der Waals surface area contributed by atoms with Crippen LogP contribution in [0.25, 0.3) is 0 Å². The van der Waals surface area contributed by atoms with Gasteiger partial charge in [-0.1, -0.05) is 45.4 Å². The van der Waals surface area contributed by atoms with Gasteiger partial charge in [0.25, 0.3) is 0 Å². The van der Waals surface area contributed by atoms with Gasteiger partial charge in [-0.25, -0.2) is 0 Å². The molecule has 0 aliphatic carbocycles. The van der Waals surface area contributed by atoms with E-state index in [1.807, 2.05) is 27.7 Å². The molecule has 0 amide bonds. The van der Waals surface area contributed by atoms with E-state index < -0.39 is 0 Å². The lowest BCUT2D eigenvalue weighted by Gasteiger charge is -2.11. The Morgan fingerprint density at radius 2 is 1.67 bits per heavy atom. The molecule has 1 aliphatic heterocycles. The van der Waals surface area contributed by atoms with Crippen LogP contribution in [0.3, 0.4) is 0 Å². The van der Waals surface area contributed by atoms with Crippen molar-refractivity contribution in [3.05, 3.63) is 29.3 Å². The fraction of sp³-hybridized carbons (Fsp3) is 0.571. The number of hydrogen-bond acceptors (Lipinski definition) is 1. The first-order chi connectivity index (χ1) is 7.27. The Hall–Kier alpha value is -0.980. The fourth-order valence-corrected chi connectivity index (χ4v) is 1.70. The predicted octanol–water partition coefficient (Wildman–Crippen LogP) is 4.04. The summed E-state index contributed by atoms with van der Waals surface area (Å²) >= 11 is 0. The van der Waals surface area contributed by atoms with Crippen molar-refractivity contribution in [2.45, 2.75) is 41.0 Å². The first kappa shape index (κ1) is 14.0. The van der Waals surface area contributed by atoms with Gasteiger partial charge in [0, 0.05) is 19.3 Å². The summed E-state index contributed by atoms with van der Waals surface area (Å²) in [6.45, 7) is 11.3. The van der Waals surface area contributed by atoms with Crippen LogP contribution in [0.4, 0.5) is 5.69 Å². The number of rotatable bonds is 0. The molecule has 0 radical (unpaired) electrons. The Morgan fingerprint density at radius 3 is 2.27 bits per heavy atom. The minimum atomic E-state index is 1.18. The number of fused-ring (bicyclic) bond motifs is 1. The summed E-state index contributed by atoms with van der Waals surface area (Å²) in [5, 5.41) is 0. The minimum Gasteiger partial charge on any atom is -0.374 e. The Morgan fingerprint density at radius 1 is 1.07 bits per heavy atom.